The molecule has 0 aliphatic heterocycles. The number of aromatic nitrogens is 2. The van der Waals surface area contributed by atoms with Gasteiger partial charge in [-0.1, -0.05) is 18.2 Å². The van der Waals surface area contributed by atoms with Gasteiger partial charge in [-0.05, 0) is 13.8 Å². The van der Waals surface area contributed by atoms with Crippen LogP contribution in [-0.2, 0) is 17.1 Å². The molecule has 16 heavy (non-hydrogen) atoms. The second-order valence-electron chi connectivity index (χ2n) is 3.47. The minimum absolute atomic E-state index is 0.0116. The first kappa shape index (κ1) is 13.2. The van der Waals surface area contributed by atoms with E-state index in [4.69, 9.17) is 11.6 Å². The smallest absolute Gasteiger partial charge is 0.244 e. The molecule has 0 bridgehead atoms. The van der Waals surface area contributed by atoms with Crippen molar-refractivity contribution in [3.63, 3.8) is 0 Å². The van der Waals surface area contributed by atoms with Gasteiger partial charge in [0.05, 0.1) is 11.4 Å². The number of rotatable bonds is 4. The van der Waals surface area contributed by atoms with Crippen molar-refractivity contribution in [3.8, 4) is 0 Å². The maximum atomic E-state index is 11.9. The Balaban J connectivity index is 3.12. The Kier molecular flexibility index (Phi) is 3.77. The summed E-state index contributed by atoms with van der Waals surface area (Å²) in [5.41, 5.74) is 1.05. The third-order valence-electron chi connectivity index (χ3n) is 2.17. The normalized spacial score (nSPS) is 11.8. The number of halogens is 1. The van der Waals surface area contributed by atoms with Gasteiger partial charge in [-0.15, -0.1) is 0 Å². The molecule has 1 heterocycles. The van der Waals surface area contributed by atoms with Crippen LogP contribution >= 0.6 is 11.6 Å². The maximum Gasteiger partial charge on any atom is 0.244 e. The zero-order valence-electron chi connectivity index (χ0n) is 9.41. The lowest BCUT2D eigenvalue weighted by Gasteiger charge is -2.05. The molecular formula is C9H14ClN3O2S. The predicted octanol–water partition coefficient (Wildman–Crippen LogP) is 1.07. The van der Waals surface area contributed by atoms with Crippen LogP contribution in [-0.4, -0.2) is 24.7 Å². The van der Waals surface area contributed by atoms with E-state index in [9.17, 15) is 8.42 Å². The molecule has 0 saturated carbocycles. The van der Waals surface area contributed by atoms with Crippen LogP contribution in [0.3, 0.4) is 0 Å². The average molecular weight is 264 g/mol. The van der Waals surface area contributed by atoms with Crippen molar-refractivity contribution < 1.29 is 8.42 Å². The van der Waals surface area contributed by atoms with Gasteiger partial charge in [-0.25, -0.2) is 13.1 Å². The van der Waals surface area contributed by atoms with E-state index in [-0.39, 0.29) is 16.5 Å². The number of hydrogen-bond donors (Lipinski definition) is 1. The third kappa shape index (κ3) is 2.63. The van der Waals surface area contributed by atoms with E-state index >= 15 is 0 Å². The molecule has 90 valence electrons. The summed E-state index contributed by atoms with van der Waals surface area (Å²) in [5.74, 6) is 0. The molecule has 1 N–H and O–H groups in total. The maximum absolute atomic E-state index is 11.9. The Morgan fingerprint density at radius 2 is 2.12 bits per heavy atom. The Hall–Kier alpha value is -0.850. The minimum Gasteiger partial charge on any atom is -0.271 e. The summed E-state index contributed by atoms with van der Waals surface area (Å²) in [6.45, 7) is 6.78. The van der Waals surface area contributed by atoms with E-state index in [1.165, 1.54) is 4.68 Å². The second-order valence-corrected chi connectivity index (χ2v) is 5.70. The predicted molar refractivity (Wildman–Crippen MR) is 62.9 cm³/mol. The molecule has 1 aromatic rings. The van der Waals surface area contributed by atoms with Gasteiger partial charge in [0.2, 0.25) is 10.0 Å². The molecule has 5 nitrogen and oxygen atoms in total. The quantitative estimate of drug-likeness (QED) is 0.884. The van der Waals surface area contributed by atoms with E-state index < -0.39 is 10.0 Å². The molecule has 0 atom stereocenters. The molecule has 0 aromatic carbocycles. The van der Waals surface area contributed by atoms with Gasteiger partial charge in [0, 0.05) is 18.6 Å². The summed E-state index contributed by atoms with van der Waals surface area (Å²) in [5, 5.41) is 4.28. The van der Waals surface area contributed by atoms with E-state index in [0.717, 1.165) is 0 Å². The average Bonchev–Trinajstić information content (AvgIpc) is 2.38. The van der Waals surface area contributed by atoms with E-state index in [2.05, 4.69) is 16.4 Å². The van der Waals surface area contributed by atoms with Crippen molar-refractivity contribution in [2.75, 3.05) is 6.54 Å². The summed E-state index contributed by atoms with van der Waals surface area (Å²) in [6, 6.07) is 0. The Bertz CT molecular complexity index is 519. The Morgan fingerprint density at radius 1 is 1.56 bits per heavy atom. The molecule has 0 amide bonds. The second kappa shape index (κ2) is 4.57. The topological polar surface area (TPSA) is 64.0 Å². The largest absolute Gasteiger partial charge is 0.271 e. The van der Waals surface area contributed by atoms with Gasteiger partial charge in [-0.3, -0.25) is 4.68 Å². The zero-order valence-corrected chi connectivity index (χ0v) is 11.0. The standard InChI is InChI=1S/C9H14ClN3O2S/c1-6(10)5-11-16(14,15)9-7(2)12-13(4)8(9)3/h11H,1,5H2,2-4H3. The lowest BCUT2D eigenvalue weighted by Crippen LogP contribution is -2.25. The van der Waals surface area contributed by atoms with Gasteiger partial charge >= 0.3 is 0 Å². The van der Waals surface area contributed by atoms with Crippen molar-refractivity contribution >= 4 is 21.6 Å². The number of nitrogens with zero attached hydrogens (tertiary/aromatic N) is 2. The molecule has 0 aliphatic rings. The van der Waals surface area contributed by atoms with Crippen LogP contribution in [0.5, 0.6) is 0 Å². The van der Waals surface area contributed by atoms with E-state index in [1.54, 1.807) is 20.9 Å². The van der Waals surface area contributed by atoms with Crippen LogP contribution in [0.25, 0.3) is 0 Å². The zero-order chi connectivity index (χ0) is 12.5. The molecule has 0 fully saturated rings. The molecular weight excluding hydrogens is 250 g/mol. The molecule has 0 aliphatic carbocycles. The molecule has 7 heteroatoms. The number of sulfonamides is 1. The van der Waals surface area contributed by atoms with Gasteiger partial charge in [0.15, 0.2) is 0 Å². The fraction of sp³-hybridized carbons (Fsp3) is 0.444. The summed E-state index contributed by atoms with van der Waals surface area (Å²) >= 11 is 5.51. The molecule has 0 unspecified atom stereocenters. The molecule has 1 aromatic heterocycles. The van der Waals surface area contributed by atoms with Crippen LogP contribution in [0, 0.1) is 13.8 Å². The minimum atomic E-state index is -3.57. The van der Waals surface area contributed by atoms with Crippen molar-refractivity contribution in [1.29, 1.82) is 0 Å². The van der Waals surface area contributed by atoms with Crippen molar-refractivity contribution in [3.05, 3.63) is 23.0 Å². The van der Waals surface area contributed by atoms with Crippen molar-refractivity contribution in [2.24, 2.45) is 7.05 Å². The monoisotopic (exact) mass is 263 g/mol. The van der Waals surface area contributed by atoms with Crippen LogP contribution < -0.4 is 4.72 Å². The SMILES string of the molecule is C=C(Cl)CNS(=O)(=O)c1c(C)nn(C)c1C. The van der Waals surface area contributed by atoms with Crippen molar-refractivity contribution in [2.45, 2.75) is 18.7 Å². The van der Waals surface area contributed by atoms with Gasteiger partial charge in [-0.2, -0.15) is 5.10 Å². The van der Waals surface area contributed by atoms with Gasteiger partial charge in [0.1, 0.15) is 4.90 Å². The molecule has 0 saturated heterocycles. The van der Waals surface area contributed by atoms with Gasteiger partial charge in [0.25, 0.3) is 0 Å². The highest BCUT2D eigenvalue weighted by Crippen LogP contribution is 2.18. The highest BCUT2D eigenvalue weighted by molar-refractivity contribution is 7.89. The first-order valence-electron chi connectivity index (χ1n) is 4.59. The van der Waals surface area contributed by atoms with Crippen molar-refractivity contribution in [1.82, 2.24) is 14.5 Å². The fourth-order valence-corrected chi connectivity index (χ4v) is 2.99. The van der Waals surface area contributed by atoms with E-state index in [1.807, 2.05) is 0 Å². The molecule has 0 spiro atoms. The van der Waals surface area contributed by atoms with Gasteiger partial charge < -0.3 is 0 Å². The van der Waals surface area contributed by atoms with Crippen LogP contribution in [0.15, 0.2) is 16.5 Å². The Morgan fingerprint density at radius 3 is 2.50 bits per heavy atom. The lowest BCUT2D eigenvalue weighted by atomic mass is 10.4. The van der Waals surface area contributed by atoms with Crippen LogP contribution in [0.1, 0.15) is 11.4 Å². The number of aryl methyl sites for hydroxylation is 2. The summed E-state index contributed by atoms with van der Waals surface area (Å²) in [4.78, 5) is 0.202. The van der Waals surface area contributed by atoms with E-state index in [0.29, 0.717) is 11.4 Å². The first-order valence-corrected chi connectivity index (χ1v) is 6.45. The Labute approximate surface area is 100 Å². The first-order chi connectivity index (χ1) is 7.25. The number of hydrogen-bond acceptors (Lipinski definition) is 3. The fourth-order valence-electron chi connectivity index (χ4n) is 1.39. The highest BCUT2D eigenvalue weighted by Gasteiger charge is 2.23. The highest BCUT2D eigenvalue weighted by atomic mass is 35.5. The third-order valence-corrected chi connectivity index (χ3v) is 3.95. The lowest BCUT2D eigenvalue weighted by molar-refractivity contribution is 0.583. The summed E-state index contributed by atoms with van der Waals surface area (Å²) < 4.78 is 27.7. The molecule has 1 rings (SSSR count). The molecule has 0 radical (unpaired) electrons. The van der Waals surface area contributed by atoms with Crippen LogP contribution in [0.4, 0.5) is 0 Å². The summed E-state index contributed by atoms with van der Waals surface area (Å²) in [7, 11) is -1.88. The number of nitrogens with one attached hydrogen (secondary N) is 1. The van der Waals surface area contributed by atoms with Crippen LogP contribution in [0.2, 0.25) is 0 Å². The summed E-state index contributed by atoms with van der Waals surface area (Å²) in [6.07, 6.45) is 0.